The Morgan fingerprint density at radius 1 is 1.50 bits per heavy atom. The molecule has 2 aromatic rings. The minimum Gasteiger partial charge on any atom is -0.329 e. The molecule has 0 radical (unpaired) electrons. The average molecular weight is 277 g/mol. The van der Waals surface area contributed by atoms with Crippen molar-refractivity contribution >= 4 is 5.78 Å². The number of piperazine rings is 1. The molecule has 0 aromatic carbocycles. The highest BCUT2D eigenvalue weighted by Crippen LogP contribution is 2.11. The van der Waals surface area contributed by atoms with E-state index in [1.54, 1.807) is 6.07 Å². The molecule has 0 spiro atoms. The first-order valence-corrected chi connectivity index (χ1v) is 6.72. The summed E-state index contributed by atoms with van der Waals surface area (Å²) in [4.78, 5) is 24.9. The van der Waals surface area contributed by atoms with Gasteiger partial charge in [0, 0.05) is 44.8 Å². The monoisotopic (exact) mass is 277 g/mol. The number of aromatic amines is 1. The lowest BCUT2D eigenvalue weighted by Crippen LogP contribution is -2.54. The normalized spacial score (nSPS) is 21.6. The Bertz CT molecular complexity index is 649. The molecular weight excluding hydrogens is 258 g/mol. The second-order valence-corrected chi connectivity index (χ2v) is 5.23. The molecule has 8 heteroatoms. The molecule has 2 aromatic heterocycles. The van der Waals surface area contributed by atoms with Gasteiger partial charge in [0.1, 0.15) is 6.33 Å². The van der Waals surface area contributed by atoms with E-state index in [1.807, 2.05) is 0 Å². The maximum absolute atomic E-state index is 11.9. The summed E-state index contributed by atoms with van der Waals surface area (Å²) in [5, 5.41) is 2.73. The van der Waals surface area contributed by atoms with E-state index >= 15 is 0 Å². The van der Waals surface area contributed by atoms with E-state index in [-0.39, 0.29) is 5.56 Å². The van der Waals surface area contributed by atoms with Crippen molar-refractivity contribution in [3.05, 3.63) is 28.4 Å². The highest BCUT2D eigenvalue weighted by Gasteiger charge is 2.24. The van der Waals surface area contributed by atoms with Crippen molar-refractivity contribution in [3.63, 3.8) is 0 Å². The Morgan fingerprint density at radius 3 is 3.15 bits per heavy atom. The van der Waals surface area contributed by atoms with E-state index in [4.69, 9.17) is 5.73 Å². The average Bonchev–Trinajstić information content (AvgIpc) is 2.89. The lowest BCUT2D eigenvalue weighted by molar-refractivity contribution is 0.0870. The molecule has 3 rings (SSSR count). The zero-order chi connectivity index (χ0) is 14.1. The molecule has 0 bridgehead atoms. The van der Waals surface area contributed by atoms with Crippen LogP contribution in [-0.4, -0.2) is 68.7 Å². The van der Waals surface area contributed by atoms with Crippen LogP contribution in [0.25, 0.3) is 5.78 Å². The molecule has 0 amide bonds. The molecule has 20 heavy (non-hydrogen) atoms. The van der Waals surface area contributed by atoms with Gasteiger partial charge in [-0.25, -0.2) is 9.97 Å². The molecule has 1 unspecified atom stereocenters. The molecule has 1 aliphatic heterocycles. The molecule has 1 saturated heterocycles. The molecule has 1 atom stereocenters. The highest BCUT2D eigenvalue weighted by atomic mass is 16.1. The number of aromatic nitrogens is 4. The quantitative estimate of drug-likeness (QED) is 0.708. The van der Waals surface area contributed by atoms with Crippen LogP contribution in [0.15, 0.2) is 17.2 Å². The van der Waals surface area contributed by atoms with Crippen molar-refractivity contribution in [2.75, 3.05) is 33.2 Å². The van der Waals surface area contributed by atoms with Crippen LogP contribution in [0.1, 0.15) is 5.69 Å². The van der Waals surface area contributed by atoms with Crippen molar-refractivity contribution in [2.24, 2.45) is 5.73 Å². The van der Waals surface area contributed by atoms with Gasteiger partial charge in [-0.05, 0) is 7.05 Å². The van der Waals surface area contributed by atoms with Gasteiger partial charge in [0.15, 0.2) is 0 Å². The number of nitrogens with zero attached hydrogens (tertiary/aromatic N) is 5. The SMILES string of the molecule is CN1CCN(Cc2cc(=O)n3[nH]cnc3n2)C(CN)C1. The summed E-state index contributed by atoms with van der Waals surface area (Å²) in [6, 6.07) is 1.85. The van der Waals surface area contributed by atoms with Gasteiger partial charge in [-0.3, -0.25) is 14.8 Å². The first kappa shape index (κ1) is 13.2. The summed E-state index contributed by atoms with van der Waals surface area (Å²) >= 11 is 0. The molecule has 3 N–H and O–H groups in total. The van der Waals surface area contributed by atoms with Crippen LogP contribution in [0, 0.1) is 0 Å². The Kier molecular flexibility index (Phi) is 3.51. The number of nitrogens with two attached hydrogens (primary N) is 1. The third-order valence-electron chi connectivity index (χ3n) is 3.77. The first-order chi connectivity index (χ1) is 9.67. The van der Waals surface area contributed by atoms with Crippen molar-refractivity contribution < 1.29 is 0 Å². The van der Waals surface area contributed by atoms with E-state index in [9.17, 15) is 4.79 Å². The van der Waals surface area contributed by atoms with Crippen LogP contribution in [0.2, 0.25) is 0 Å². The summed E-state index contributed by atoms with van der Waals surface area (Å²) in [6.45, 7) is 4.11. The van der Waals surface area contributed by atoms with Crippen LogP contribution in [0.3, 0.4) is 0 Å². The largest absolute Gasteiger partial charge is 0.329 e. The third kappa shape index (κ3) is 2.45. The number of hydrogen-bond acceptors (Lipinski definition) is 6. The van der Waals surface area contributed by atoms with Gasteiger partial charge in [0.05, 0.1) is 5.69 Å². The third-order valence-corrected chi connectivity index (χ3v) is 3.77. The maximum Gasteiger partial charge on any atom is 0.274 e. The molecule has 8 nitrogen and oxygen atoms in total. The fourth-order valence-corrected chi connectivity index (χ4v) is 2.64. The standard InChI is InChI=1S/C12H19N7O/c1-17-2-3-18(10(5-13)7-17)6-9-4-11(20)19-12(16-9)14-8-15-19/h4,8,10H,2-3,5-7,13H2,1H3,(H,14,15,16). The van der Waals surface area contributed by atoms with E-state index in [0.717, 1.165) is 25.3 Å². The number of hydrogen-bond donors (Lipinski definition) is 2. The maximum atomic E-state index is 11.9. The minimum absolute atomic E-state index is 0.138. The fourth-order valence-electron chi connectivity index (χ4n) is 2.64. The number of rotatable bonds is 3. The van der Waals surface area contributed by atoms with Crippen molar-refractivity contribution in [1.29, 1.82) is 0 Å². The Balaban J connectivity index is 1.83. The second-order valence-electron chi connectivity index (χ2n) is 5.23. The van der Waals surface area contributed by atoms with E-state index < -0.39 is 0 Å². The van der Waals surface area contributed by atoms with Crippen molar-refractivity contribution in [1.82, 2.24) is 29.4 Å². The predicted molar refractivity (Wildman–Crippen MR) is 74.4 cm³/mol. The second kappa shape index (κ2) is 5.31. The van der Waals surface area contributed by atoms with Gasteiger partial charge in [0.25, 0.3) is 11.3 Å². The summed E-state index contributed by atoms with van der Waals surface area (Å²) in [5.41, 5.74) is 6.44. The lowest BCUT2D eigenvalue weighted by Gasteiger charge is -2.39. The van der Waals surface area contributed by atoms with Gasteiger partial charge in [-0.2, -0.15) is 4.52 Å². The van der Waals surface area contributed by atoms with Crippen LogP contribution in [0.5, 0.6) is 0 Å². The first-order valence-electron chi connectivity index (χ1n) is 6.72. The number of fused-ring (bicyclic) bond motifs is 1. The molecule has 3 heterocycles. The fraction of sp³-hybridized carbons (Fsp3) is 0.583. The zero-order valence-corrected chi connectivity index (χ0v) is 11.5. The molecule has 0 aliphatic carbocycles. The van der Waals surface area contributed by atoms with Crippen LogP contribution in [0.4, 0.5) is 0 Å². The number of H-pyrrole nitrogens is 1. The molecule has 108 valence electrons. The van der Waals surface area contributed by atoms with Crippen LogP contribution in [-0.2, 0) is 6.54 Å². The summed E-state index contributed by atoms with van der Waals surface area (Å²) in [5.74, 6) is 0.408. The van der Waals surface area contributed by atoms with E-state index in [0.29, 0.717) is 24.9 Å². The summed E-state index contributed by atoms with van der Waals surface area (Å²) in [7, 11) is 2.10. The lowest BCUT2D eigenvalue weighted by atomic mass is 10.1. The van der Waals surface area contributed by atoms with Gasteiger partial charge >= 0.3 is 0 Å². The molecular formula is C12H19N7O. The van der Waals surface area contributed by atoms with Crippen molar-refractivity contribution in [2.45, 2.75) is 12.6 Å². The Labute approximate surface area is 116 Å². The Hall–Kier alpha value is -1.77. The highest BCUT2D eigenvalue weighted by molar-refractivity contribution is 5.26. The van der Waals surface area contributed by atoms with E-state index in [2.05, 4.69) is 31.9 Å². The van der Waals surface area contributed by atoms with E-state index in [1.165, 1.54) is 10.8 Å². The summed E-state index contributed by atoms with van der Waals surface area (Å²) < 4.78 is 1.33. The smallest absolute Gasteiger partial charge is 0.274 e. The molecule has 1 aliphatic rings. The number of likely N-dealkylation sites (N-methyl/N-ethyl adjacent to an activating group) is 1. The molecule has 0 saturated carbocycles. The topological polar surface area (TPSA) is 95.5 Å². The number of nitrogens with one attached hydrogen (secondary N) is 1. The Morgan fingerprint density at radius 2 is 2.35 bits per heavy atom. The van der Waals surface area contributed by atoms with Gasteiger partial charge in [0.2, 0.25) is 0 Å². The van der Waals surface area contributed by atoms with Gasteiger partial charge in [-0.1, -0.05) is 0 Å². The predicted octanol–water partition coefficient (Wildman–Crippen LogP) is -1.51. The molecule has 1 fully saturated rings. The van der Waals surface area contributed by atoms with Crippen LogP contribution >= 0.6 is 0 Å². The minimum atomic E-state index is -0.138. The summed E-state index contributed by atoms with van der Waals surface area (Å²) in [6.07, 6.45) is 1.46. The van der Waals surface area contributed by atoms with Crippen LogP contribution < -0.4 is 11.3 Å². The van der Waals surface area contributed by atoms with Gasteiger partial charge < -0.3 is 10.6 Å². The zero-order valence-electron chi connectivity index (χ0n) is 11.5. The van der Waals surface area contributed by atoms with Crippen molar-refractivity contribution in [3.8, 4) is 0 Å². The van der Waals surface area contributed by atoms with Gasteiger partial charge in [-0.15, -0.1) is 0 Å².